The molecule has 0 N–H and O–H groups in total. The molecular formula is C12H13. The van der Waals surface area contributed by atoms with Crippen molar-refractivity contribution in [2.75, 3.05) is 0 Å². The number of rotatable bonds is 0. The van der Waals surface area contributed by atoms with Gasteiger partial charge in [0.2, 0.25) is 0 Å². The van der Waals surface area contributed by atoms with E-state index in [-0.39, 0.29) is 0 Å². The van der Waals surface area contributed by atoms with Crippen molar-refractivity contribution < 1.29 is 0 Å². The van der Waals surface area contributed by atoms with Crippen LogP contribution in [0.4, 0.5) is 0 Å². The molecule has 0 spiro atoms. The Morgan fingerprint density at radius 3 is 1.92 bits per heavy atom. The zero-order chi connectivity index (χ0) is 8.72. The van der Waals surface area contributed by atoms with E-state index in [0.29, 0.717) is 0 Å². The molecule has 1 radical (unpaired) electrons. The molecule has 0 aromatic heterocycles. The van der Waals surface area contributed by atoms with Gasteiger partial charge in [-0.1, -0.05) is 36.8 Å². The van der Waals surface area contributed by atoms with Gasteiger partial charge in [0.25, 0.3) is 0 Å². The first-order chi connectivity index (χ1) is 5.72. The van der Waals surface area contributed by atoms with Gasteiger partial charge in [0, 0.05) is 5.92 Å². The number of allylic oxidation sites excluding steroid dienone is 2. The summed E-state index contributed by atoms with van der Waals surface area (Å²) in [5.74, 6) is 1.43. The predicted molar refractivity (Wildman–Crippen MR) is 52.7 cm³/mol. The standard InChI is InChI=1S/C12H13/c1-8-9(2)11-6-4-5-7-12(11)10(8)3/h4-7H,1-3H3. The van der Waals surface area contributed by atoms with E-state index in [1.807, 2.05) is 0 Å². The minimum absolute atomic E-state index is 1.41. The first kappa shape index (κ1) is 7.60. The van der Waals surface area contributed by atoms with E-state index < -0.39 is 0 Å². The van der Waals surface area contributed by atoms with Gasteiger partial charge in [-0.05, 0) is 30.5 Å². The lowest BCUT2D eigenvalue weighted by molar-refractivity contribution is 1.19. The second-order valence-electron chi connectivity index (χ2n) is 3.42. The Labute approximate surface area is 73.9 Å². The van der Waals surface area contributed by atoms with Gasteiger partial charge in [0.05, 0.1) is 0 Å². The van der Waals surface area contributed by atoms with Crippen LogP contribution in [0.3, 0.4) is 0 Å². The summed E-state index contributed by atoms with van der Waals surface area (Å²) in [4.78, 5) is 0. The SMILES string of the molecule is C[C]1C(C)=C(C)c2ccccc21. The van der Waals surface area contributed by atoms with E-state index in [1.165, 1.54) is 28.2 Å². The Bertz CT molecular complexity index is 345. The summed E-state index contributed by atoms with van der Waals surface area (Å²) in [5.41, 5.74) is 5.69. The van der Waals surface area contributed by atoms with Crippen LogP contribution in [0.15, 0.2) is 29.8 Å². The largest absolute Gasteiger partial charge is 0.0619 e. The van der Waals surface area contributed by atoms with E-state index >= 15 is 0 Å². The molecule has 0 atom stereocenters. The van der Waals surface area contributed by atoms with Gasteiger partial charge in [-0.2, -0.15) is 0 Å². The second-order valence-corrected chi connectivity index (χ2v) is 3.42. The molecule has 1 aliphatic rings. The maximum atomic E-state index is 2.20. The molecule has 0 heterocycles. The summed E-state index contributed by atoms with van der Waals surface area (Å²) in [5, 5.41) is 0. The van der Waals surface area contributed by atoms with Crippen LogP contribution in [0.5, 0.6) is 0 Å². The molecule has 1 aromatic rings. The molecule has 0 aliphatic heterocycles. The van der Waals surface area contributed by atoms with E-state index in [0.717, 1.165) is 0 Å². The quantitative estimate of drug-likeness (QED) is 0.541. The predicted octanol–water partition coefficient (Wildman–Crippen LogP) is 3.44. The lowest BCUT2D eigenvalue weighted by atomic mass is 9.99. The van der Waals surface area contributed by atoms with Crippen molar-refractivity contribution in [2.24, 2.45) is 0 Å². The topological polar surface area (TPSA) is 0 Å². The normalized spacial score (nSPS) is 16.9. The maximum absolute atomic E-state index is 2.20. The summed E-state index contributed by atoms with van der Waals surface area (Å²) in [6, 6.07) is 8.61. The number of hydrogen-bond acceptors (Lipinski definition) is 0. The maximum Gasteiger partial charge on any atom is 0.0274 e. The van der Waals surface area contributed by atoms with Crippen molar-refractivity contribution in [3.05, 3.63) is 46.9 Å². The van der Waals surface area contributed by atoms with Gasteiger partial charge in [-0.15, -0.1) is 0 Å². The van der Waals surface area contributed by atoms with Crippen LogP contribution < -0.4 is 0 Å². The Morgan fingerprint density at radius 1 is 0.750 bits per heavy atom. The van der Waals surface area contributed by atoms with Crippen molar-refractivity contribution in [2.45, 2.75) is 20.8 Å². The highest BCUT2D eigenvalue weighted by Crippen LogP contribution is 2.39. The summed E-state index contributed by atoms with van der Waals surface area (Å²) < 4.78 is 0. The molecule has 1 aromatic carbocycles. The molecule has 0 nitrogen and oxygen atoms in total. The van der Waals surface area contributed by atoms with Gasteiger partial charge in [-0.25, -0.2) is 0 Å². The zero-order valence-electron chi connectivity index (χ0n) is 7.81. The lowest BCUT2D eigenvalue weighted by Crippen LogP contribution is -1.89. The van der Waals surface area contributed by atoms with Gasteiger partial charge in [0.15, 0.2) is 0 Å². The molecule has 0 bridgehead atoms. The highest BCUT2D eigenvalue weighted by atomic mass is 14.3. The average Bonchev–Trinajstić information content (AvgIpc) is 2.33. The summed E-state index contributed by atoms with van der Waals surface area (Å²) >= 11 is 0. The fourth-order valence-electron chi connectivity index (χ4n) is 1.82. The summed E-state index contributed by atoms with van der Waals surface area (Å²) in [6.07, 6.45) is 0. The lowest BCUT2D eigenvalue weighted by Gasteiger charge is -2.04. The molecule has 61 valence electrons. The minimum Gasteiger partial charge on any atom is -0.0619 e. The first-order valence-corrected chi connectivity index (χ1v) is 4.33. The molecule has 0 saturated heterocycles. The number of benzene rings is 1. The van der Waals surface area contributed by atoms with Crippen LogP contribution in [0, 0.1) is 5.92 Å². The minimum atomic E-state index is 1.41. The number of fused-ring (bicyclic) bond motifs is 1. The third-order valence-corrected chi connectivity index (χ3v) is 2.86. The highest BCUT2D eigenvalue weighted by Gasteiger charge is 2.22. The van der Waals surface area contributed by atoms with Crippen molar-refractivity contribution in [1.29, 1.82) is 0 Å². The van der Waals surface area contributed by atoms with E-state index in [9.17, 15) is 0 Å². The molecule has 0 heteroatoms. The zero-order valence-corrected chi connectivity index (χ0v) is 7.81. The van der Waals surface area contributed by atoms with E-state index in [1.54, 1.807) is 0 Å². The Hall–Kier alpha value is -1.04. The van der Waals surface area contributed by atoms with E-state index in [4.69, 9.17) is 0 Å². The first-order valence-electron chi connectivity index (χ1n) is 4.33. The molecule has 0 amide bonds. The molecule has 2 rings (SSSR count). The van der Waals surface area contributed by atoms with Crippen LogP contribution in [-0.4, -0.2) is 0 Å². The monoisotopic (exact) mass is 157 g/mol. The van der Waals surface area contributed by atoms with Gasteiger partial charge in [-0.3, -0.25) is 0 Å². The molecule has 0 unspecified atom stereocenters. The number of hydrogen-bond donors (Lipinski definition) is 0. The van der Waals surface area contributed by atoms with Crippen molar-refractivity contribution in [3.63, 3.8) is 0 Å². The van der Waals surface area contributed by atoms with E-state index in [2.05, 4.69) is 45.0 Å². The Balaban J connectivity index is 2.65. The molecule has 0 saturated carbocycles. The van der Waals surface area contributed by atoms with Crippen LogP contribution >= 0.6 is 0 Å². The summed E-state index contributed by atoms with van der Waals surface area (Å²) in [7, 11) is 0. The third-order valence-electron chi connectivity index (χ3n) is 2.86. The third kappa shape index (κ3) is 0.842. The van der Waals surface area contributed by atoms with Crippen molar-refractivity contribution in [1.82, 2.24) is 0 Å². The molecular weight excluding hydrogens is 144 g/mol. The van der Waals surface area contributed by atoms with Crippen LogP contribution in [0.1, 0.15) is 31.9 Å². The van der Waals surface area contributed by atoms with Crippen LogP contribution in [0.2, 0.25) is 0 Å². The van der Waals surface area contributed by atoms with Gasteiger partial charge >= 0.3 is 0 Å². The van der Waals surface area contributed by atoms with Gasteiger partial charge in [0.1, 0.15) is 0 Å². The van der Waals surface area contributed by atoms with Crippen LogP contribution in [-0.2, 0) is 0 Å². The smallest absolute Gasteiger partial charge is 0.0274 e. The molecule has 1 aliphatic carbocycles. The second kappa shape index (κ2) is 2.48. The Morgan fingerprint density at radius 2 is 1.33 bits per heavy atom. The molecule has 0 fully saturated rings. The van der Waals surface area contributed by atoms with Crippen molar-refractivity contribution in [3.8, 4) is 0 Å². The highest BCUT2D eigenvalue weighted by molar-refractivity contribution is 5.81. The Kier molecular flexibility index (Phi) is 1.57. The van der Waals surface area contributed by atoms with Crippen molar-refractivity contribution >= 4 is 5.57 Å². The fourth-order valence-corrected chi connectivity index (χ4v) is 1.82. The average molecular weight is 157 g/mol. The summed E-state index contributed by atoms with van der Waals surface area (Å²) in [6.45, 7) is 6.60. The van der Waals surface area contributed by atoms with Gasteiger partial charge < -0.3 is 0 Å². The van der Waals surface area contributed by atoms with Crippen LogP contribution in [0.25, 0.3) is 5.57 Å². The fraction of sp³-hybridized carbons (Fsp3) is 0.250. The molecule has 12 heavy (non-hydrogen) atoms.